The van der Waals surface area contributed by atoms with Crippen LogP contribution in [0.25, 0.3) is 0 Å². The molecular weight excluding hydrogens is 310 g/mol. The Labute approximate surface area is 148 Å². The van der Waals surface area contributed by atoms with Gasteiger partial charge >= 0.3 is 0 Å². The van der Waals surface area contributed by atoms with Crippen LogP contribution in [-0.2, 0) is 6.42 Å². The van der Waals surface area contributed by atoms with Crippen molar-refractivity contribution in [1.29, 1.82) is 5.26 Å². The molecule has 1 saturated heterocycles. The van der Waals surface area contributed by atoms with Gasteiger partial charge in [0.05, 0.1) is 17.7 Å². The van der Waals surface area contributed by atoms with Gasteiger partial charge in [0.15, 0.2) is 0 Å². The number of nitrogens with zero attached hydrogens (tertiary/aromatic N) is 2. The summed E-state index contributed by atoms with van der Waals surface area (Å²) in [5.41, 5.74) is 9.51. The normalized spacial score (nSPS) is 26.0. The Bertz CT molecular complexity index is 780. The number of benzene rings is 2. The summed E-state index contributed by atoms with van der Waals surface area (Å²) in [6, 6.07) is 18.7. The standard InChI is InChI=1S/C21H23N3O/c22-13-15-7-9-18(10-8-15)25-21-19-6-2-1-4-16(19)12-20(21)24-11-3-5-17(23)14-24/h1-2,4,6-10,17,20-21H,3,5,11-12,14,23H2/t17-,20+,21-/m1/s1. The Hall–Kier alpha value is -2.35. The van der Waals surface area contributed by atoms with Crippen molar-refractivity contribution >= 4 is 0 Å². The highest BCUT2D eigenvalue weighted by Crippen LogP contribution is 2.38. The Kier molecular flexibility index (Phi) is 4.44. The SMILES string of the molecule is N#Cc1ccc(O[C@@H]2c3ccccc3C[C@@H]2N2CCC[C@@H](N)C2)cc1. The summed E-state index contributed by atoms with van der Waals surface area (Å²) < 4.78 is 6.41. The molecule has 0 saturated carbocycles. The van der Waals surface area contributed by atoms with E-state index in [4.69, 9.17) is 15.7 Å². The molecule has 4 heteroatoms. The van der Waals surface area contributed by atoms with Crippen LogP contribution < -0.4 is 10.5 Å². The molecule has 2 aromatic rings. The summed E-state index contributed by atoms with van der Waals surface area (Å²) in [5, 5.41) is 8.97. The molecule has 0 unspecified atom stereocenters. The number of hydrogen-bond donors (Lipinski definition) is 1. The van der Waals surface area contributed by atoms with E-state index < -0.39 is 0 Å². The molecular formula is C21H23N3O. The third kappa shape index (κ3) is 3.26. The average molecular weight is 333 g/mol. The monoisotopic (exact) mass is 333 g/mol. The lowest BCUT2D eigenvalue weighted by atomic mass is 10.0. The van der Waals surface area contributed by atoms with Crippen LogP contribution in [0.5, 0.6) is 5.75 Å². The third-order valence-corrected chi connectivity index (χ3v) is 5.34. The maximum atomic E-state index is 8.97. The highest BCUT2D eigenvalue weighted by molar-refractivity contribution is 5.39. The Morgan fingerprint density at radius 1 is 1.12 bits per heavy atom. The van der Waals surface area contributed by atoms with Crippen molar-refractivity contribution in [3.05, 3.63) is 65.2 Å². The highest BCUT2D eigenvalue weighted by Gasteiger charge is 2.39. The lowest BCUT2D eigenvalue weighted by molar-refractivity contribution is 0.0593. The molecule has 2 aliphatic rings. The number of ether oxygens (including phenoxy) is 1. The number of nitrogens with two attached hydrogens (primary N) is 1. The summed E-state index contributed by atoms with van der Waals surface area (Å²) >= 11 is 0. The van der Waals surface area contributed by atoms with Crippen LogP contribution in [0.4, 0.5) is 0 Å². The van der Waals surface area contributed by atoms with E-state index >= 15 is 0 Å². The number of nitriles is 1. The summed E-state index contributed by atoms with van der Waals surface area (Å²) in [7, 11) is 0. The third-order valence-electron chi connectivity index (χ3n) is 5.34. The molecule has 0 aromatic heterocycles. The van der Waals surface area contributed by atoms with Crippen molar-refractivity contribution < 1.29 is 4.74 Å². The zero-order valence-corrected chi connectivity index (χ0v) is 14.3. The van der Waals surface area contributed by atoms with E-state index in [0.717, 1.165) is 38.1 Å². The summed E-state index contributed by atoms with van der Waals surface area (Å²) in [5.74, 6) is 0.812. The molecule has 0 amide bonds. The molecule has 4 nitrogen and oxygen atoms in total. The quantitative estimate of drug-likeness (QED) is 0.938. The van der Waals surface area contributed by atoms with Crippen LogP contribution in [0, 0.1) is 11.3 Å². The van der Waals surface area contributed by atoms with Gasteiger partial charge in [-0.1, -0.05) is 24.3 Å². The van der Waals surface area contributed by atoms with Crippen LogP contribution in [0.15, 0.2) is 48.5 Å². The van der Waals surface area contributed by atoms with Crippen molar-refractivity contribution in [3.63, 3.8) is 0 Å². The van der Waals surface area contributed by atoms with Crippen LogP contribution in [0.3, 0.4) is 0 Å². The van der Waals surface area contributed by atoms with Gasteiger partial charge < -0.3 is 10.5 Å². The molecule has 4 rings (SSSR count). The fourth-order valence-corrected chi connectivity index (χ4v) is 4.10. The summed E-state index contributed by atoms with van der Waals surface area (Å²) in [6.45, 7) is 2.02. The first-order valence-corrected chi connectivity index (χ1v) is 8.99. The van der Waals surface area contributed by atoms with Crippen molar-refractivity contribution in [2.45, 2.75) is 37.5 Å². The van der Waals surface area contributed by atoms with E-state index in [1.165, 1.54) is 11.1 Å². The predicted molar refractivity (Wildman–Crippen MR) is 97.2 cm³/mol. The molecule has 1 fully saturated rings. The molecule has 2 N–H and O–H groups in total. The number of fused-ring (bicyclic) bond motifs is 1. The fraction of sp³-hybridized carbons (Fsp3) is 0.381. The second-order valence-corrected chi connectivity index (χ2v) is 7.04. The molecule has 1 aliphatic carbocycles. The van der Waals surface area contributed by atoms with Gasteiger partial charge in [-0.2, -0.15) is 5.26 Å². The van der Waals surface area contributed by atoms with Crippen LogP contribution in [-0.4, -0.2) is 30.1 Å². The van der Waals surface area contributed by atoms with E-state index in [1.807, 2.05) is 24.3 Å². The smallest absolute Gasteiger partial charge is 0.140 e. The molecule has 128 valence electrons. The maximum Gasteiger partial charge on any atom is 0.140 e. The second-order valence-electron chi connectivity index (χ2n) is 7.04. The number of hydrogen-bond acceptors (Lipinski definition) is 4. The minimum atomic E-state index is 0.00874. The van der Waals surface area contributed by atoms with Crippen LogP contribution in [0.1, 0.15) is 35.6 Å². The van der Waals surface area contributed by atoms with Crippen LogP contribution >= 0.6 is 0 Å². The van der Waals surface area contributed by atoms with E-state index in [1.54, 1.807) is 0 Å². The van der Waals surface area contributed by atoms with Crippen molar-refractivity contribution in [2.75, 3.05) is 13.1 Å². The number of rotatable bonds is 3. The van der Waals surface area contributed by atoms with Crippen LogP contribution in [0.2, 0.25) is 0 Å². The van der Waals surface area contributed by atoms with Gasteiger partial charge in [-0.15, -0.1) is 0 Å². The van der Waals surface area contributed by atoms with Crippen molar-refractivity contribution in [2.24, 2.45) is 5.73 Å². The topological polar surface area (TPSA) is 62.3 Å². The first kappa shape index (κ1) is 16.1. The van der Waals surface area contributed by atoms with E-state index in [0.29, 0.717) is 11.6 Å². The van der Waals surface area contributed by atoms with Gasteiger partial charge in [0.2, 0.25) is 0 Å². The first-order chi connectivity index (χ1) is 12.2. The van der Waals surface area contributed by atoms with Gasteiger partial charge in [0, 0.05) is 12.6 Å². The zero-order chi connectivity index (χ0) is 17.2. The number of piperidine rings is 1. The minimum absolute atomic E-state index is 0.00874. The molecule has 1 aliphatic heterocycles. The Morgan fingerprint density at radius 3 is 2.68 bits per heavy atom. The average Bonchev–Trinajstić information content (AvgIpc) is 3.01. The van der Waals surface area contributed by atoms with Gasteiger partial charge in [-0.3, -0.25) is 4.90 Å². The van der Waals surface area contributed by atoms with Gasteiger partial charge in [-0.25, -0.2) is 0 Å². The van der Waals surface area contributed by atoms with E-state index in [9.17, 15) is 0 Å². The van der Waals surface area contributed by atoms with Gasteiger partial charge in [0.25, 0.3) is 0 Å². The molecule has 3 atom stereocenters. The number of likely N-dealkylation sites (tertiary alicyclic amines) is 1. The molecule has 0 radical (unpaired) electrons. The van der Waals surface area contributed by atoms with Crippen molar-refractivity contribution in [1.82, 2.24) is 4.90 Å². The maximum absolute atomic E-state index is 8.97. The minimum Gasteiger partial charge on any atom is -0.484 e. The zero-order valence-electron chi connectivity index (χ0n) is 14.3. The van der Waals surface area contributed by atoms with E-state index in [-0.39, 0.29) is 12.1 Å². The largest absolute Gasteiger partial charge is 0.484 e. The lowest BCUT2D eigenvalue weighted by Gasteiger charge is -2.38. The molecule has 25 heavy (non-hydrogen) atoms. The Morgan fingerprint density at radius 2 is 1.92 bits per heavy atom. The van der Waals surface area contributed by atoms with Gasteiger partial charge in [0.1, 0.15) is 11.9 Å². The second kappa shape index (κ2) is 6.87. The molecule has 1 heterocycles. The lowest BCUT2D eigenvalue weighted by Crippen LogP contribution is -2.49. The van der Waals surface area contributed by atoms with Crippen molar-refractivity contribution in [3.8, 4) is 11.8 Å². The highest BCUT2D eigenvalue weighted by atomic mass is 16.5. The molecule has 2 aromatic carbocycles. The first-order valence-electron chi connectivity index (χ1n) is 8.99. The molecule has 0 spiro atoms. The predicted octanol–water partition coefficient (Wildman–Crippen LogP) is 3.03. The Balaban J connectivity index is 1.61. The fourth-order valence-electron chi connectivity index (χ4n) is 4.10. The summed E-state index contributed by atoms with van der Waals surface area (Å²) in [4.78, 5) is 2.50. The molecule has 0 bridgehead atoms. The van der Waals surface area contributed by atoms with Gasteiger partial charge in [-0.05, 0) is 61.2 Å². The summed E-state index contributed by atoms with van der Waals surface area (Å²) in [6.07, 6.45) is 3.27. The van der Waals surface area contributed by atoms with E-state index in [2.05, 4.69) is 35.2 Å².